The lowest BCUT2D eigenvalue weighted by Gasteiger charge is -2.34. The molecule has 0 saturated heterocycles. The van der Waals surface area contributed by atoms with Gasteiger partial charge in [-0.1, -0.05) is 160 Å². The summed E-state index contributed by atoms with van der Waals surface area (Å²) in [5, 5.41) is 11.6. The molecule has 53 heavy (non-hydrogen) atoms. The van der Waals surface area contributed by atoms with Crippen LogP contribution in [0.3, 0.4) is 0 Å². The van der Waals surface area contributed by atoms with Gasteiger partial charge in [-0.2, -0.15) is 0 Å². The van der Waals surface area contributed by atoms with Crippen molar-refractivity contribution >= 4 is 17.9 Å². The molecule has 0 amide bonds. The maximum Gasteiger partial charge on any atom is 0.306 e. The summed E-state index contributed by atoms with van der Waals surface area (Å²) >= 11 is 0. The molecule has 0 aliphatic rings. The van der Waals surface area contributed by atoms with E-state index in [0.717, 1.165) is 38.5 Å². The van der Waals surface area contributed by atoms with E-state index in [-0.39, 0.29) is 42.7 Å². The van der Waals surface area contributed by atoms with E-state index in [4.69, 9.17) is 14.2 Å². The number of rotatable bonds is 39. The lowest BCUT2D eigenvalue weighted by molar-refractivity contribution is -0.889. The molecule has 0 spiro atoms. The lowest BCUT2D eigenvalue weighted by Crippen LogP contribution is -2.55. The molecule has 0 aromatic rings. The van der Waals surface area contributed by atoms with Crippen LogP contribution in [-0.2, 0) is 28.6 Å². The normalized spacial score (nSPS) is 13.2. The fraction of sp³-hybridized carbons (Fsp3) is 0.844. The number of nitrogens with zero attached hydrogens (tertiary/aromatic N) is 1. The minimum Gasteiger partial charge on any atom is -0.544 e. The van der Waals surface area contributed by atoms with Gasteiger partial charge in [0.25, 0.3) is 0 Å². The molecule has 0 bridgehead atoms. The van der Waals surface area contributed by atoms with Gasteiger partial charge < -0.3 is 28.6 Å². The summed E-state index contributed by atoms with van der Waals surface area (Å²) in [5.41, 5.74) is 0. The average Bonchev–Trinajstić information content (AvgIpc) is 3.11. The Morgan fingerprint density at radius 2 is 0.981 bits per heavy atom. The number of allylic oxidation sites excluding steroid dienone is 4. The number of esters is 2. The Balaban J connectivity index is 4.25. The van der Waals surface area contributed by atoms with Crippen LogP contribution in [-0.4, -0.2) is 75.5 Å². The lowest BCUT2D eigenvalue weighted by atomic mass is 10.1. The molecule has 0 radical (unpaired) electrons. The van der Waals surface area contributed by atoms with Crippen LogP contribution in [0.2, 0.25) is 0 Å². The third-order valence-corrected chi connectivity index (χ3v) is 9.87. The van der Waals surface area contributed by atoms with Gasteiger partial charge in [0.15, 0.2) is 6.10 Å². The van der Waals surface area contributed by atoms with Crippen LogP contribution in [0.15, 0.2) is 24.3 Å². The predicted molar refractivity (Wildman–Crippen MR) is 217 cm³/mol. The molecule has 0 aliphatic carbocycles. The van der Waals surface area contributed by atoms with E-state index in [1.54, 1.807) is 21.1 Å². The number of carboxylic acids is 1. The number of hydrogen-bond donors (Lipinski definition) is 0. The first-order chi connectivity index (χ1) is 25.6. The predicted octanol–water partition coefficient (Wildman–Crippen LogP) is 10.4. The van der Waals surface area contributed by atoms with Crippen molar-refractivity contribution in [3.8, 4) is 0 Å². The highest BCUT2D eigenvalue weighted by Crippen LogP contribution is 2.15. The summed E-state index contributed by atoms with van der Waals surface area (Å²) in [4.78, 5) is 36.7. The summed E-state index contributed by atoms with van der Waals surface area (Å²) in [6.07, 6.45) is 39.1. The topological polar surface area (TPSA) is 102 Å². The first-order valence-corrected chi connectivity index (χ1v) is 21.9. The largest absolute Gasteiger partial charge is 0.544 e. The van der Waals surface area contributed by atoms with Crippen LogP contribution in [0.1, 0.15) is 194 Å². The van der Waals surface area contributed by atoms with E-state index in [1.807, 2.05) is 0 Å². The molecular weight excluding hydrogens is 666 g/mol. The number of aliphatic carboxylic acids is 1. The van der Waals surface area contributed by atoms with E-state index in [0.29, 0.717) is 12.8 Å². The van der Waals surface area contributed by atoms with Crippen molar-refractivity contribution < 1.29 is 38.2 Å². The van der Waals surface area contributed by atoms with Gasteiger partial charge in [-0.3, -0.25) is 9.59 Å². The highest BCUT2D eigenvalue weighted by molar-refractivity contribution is 5.70. The van der Waals surface area contributed by atoms with E-state index >= 15 is 0 Å². The zero-order chi connectivity index (χ0) is 39.3. The number of carbonyl (C=O) groups excluding carboxylic acids is 3. The van der Waals surface area contributed by atoms with Crippen LogP contribution in [0, 0.1) is 0 Å². The second-order valence-corrected chi connectivity index (χ2v) is 16.0. The minimum atomic E-state index is -1.12. The van der Waals surface area contributed by atoms with Crippen molar-refractivity contribution in [3.63, 3.8) is 0 Å². The van der Waals surface area contributed by atoms with Crippen LogP contribution in [0.4, 0.5) is 0 Å². The van der Waals surface area contributed by atoms with Gasteiger partial charge in [-0.05, 0) is 38.5 Å². The van der Waals surface area contributed by atoms with Crippen LogP contribution in [0.5, 0.6) is 0 Å². The Kier molecular flexibility index (Phi) is 35.2. The molecule has 0 rings (SSSR count). The van der Waals surface area contributed by atoms with E-state index < -0.39 is 18.1 Å². The quantitative estimate of drug-likeness (QED) is 0.0267. The summed E-state index contributed by atoms with van der Waals surface area (Å²) < 4.78 is 17.1. The number of likely N-dealkylation sites (N-methyl/N-ethyl adjacent to an activating group) is 1. The van der Waals surface area contributed by atoms with E-state index in [1.165, 1.54) is 122 Å². The zero-order valence-electron chi connectivity index (χ0n) is 35.2. The van der Waals surface area contributed by atoms with Gasteiger partial charge in [0.1, 0.15) is 12.6 Å². The summed E-state index contributed by atoms with van der Waals surface area (Å²) in [6, 6.07) is -0.722. The van der Waals surface area contributed by atoms with Crippen molar-refractivity contribution in [1.82, 2.24) is 0 Å². The molecular formula is C45H83NO7. The van der Waals surface area contributed by atoms with Gasteiger partial charge in [0.2, 0.25) is 0 Å². The Morgan fingerprint density at radius 3 is 1.45 bits per heavy atom. The standard InChI is InChI=1S/C45H83NO7/c1-6-8-10-12-14-16-18-19-20-21-22-23-24-25-26-28-29-31-33-35-43(47)52-40-41(39-51-38-37-42(45(49)50)46(3,4)5)53-44(48)36-34-32-30-27-17-15-13-11-9-7-2/h14,16,18-19,41-42H,6-13,15,17,20-40H2,1-5H3/b16-14+,19-18+. The summed E-state index contributed by atoms with van der Waals surface area (Å²) in [6.45, 7) is 4.63. The van der Waals surface area contributed by atoms with Gasteiger partial charge in [0, 0.05) is 19.3 Å². The molecule has 0 fully saturated rings. The maximum absolute atomic E-state index is 12.6. The van der Waals surface area contributed by atoms with E-state index in [2.05, 4.69) is 38.2 Å². The fourth-order valence-corrected chi connectivity index (χ4v) is 6.41. The Hall–Kier alpha value is -2.19. The summed E-state index contributed by atoms with van der Waals surface area (Å²) in [5.74, 6) is -1.73. The maximum atomic E-state index is 12.6. The van der Waals surface area contributed by atoms with Gasteiger partial charge in [-0.25, -0.2) is 0 Å². The molecule has 310 valence electrons. The van der Waals surface area contributed by atoms with Crippen LogP contribution >= 0.6 is 0 Å². The van der Waals surface area contributed by atoms with E-state index in [9.17, 15) is 19.5 Å². The molecule has 2 unspecified atom stereocenters. The minimum absolute atomic E-state index is 0.0435. The smallest absolute Gasteiger partial charge is 0.306 e. The number of carboxylic acid groups (broad SMARTS) is 1. The SMILES string of the molecule is CCCCC/C=C/C=C/CCCCCCCCCCCCC(=O)OCC(COCCC(C(=O)[O-])[N+](C)(C)C)OC(=O)CCCCCCCCCCCC. The molecule has 0 aromatic heterocycles. The molecule has 0 saturated carbocycles. The molecule has 8 heteroatoms. The number of carbonyl (C=O) groups is 3. The number of unbranched alkanes of at least 4 members (excludes halogenated alkanes) is 22. The number of hydrogen-bond acceptors (Lipinski definition) is 7. The summed E-state index contributed by atoms with van der Waals surface area (Å²) in [7, 11) is 5.40. The monoisotopic (exact) mass is 750 g/mol. The molecule has 0 aromatic carbocycles. The molecule has 0 aliphatic heterocycles. The van der Waals surface area contributed by atoms with Crippen molar-refractivity contribution in [3.05, 3.63) is 24.3 Å². The van der Waals surface area contributed by atoms with Crippen molar-refractivity contribution in [2.24, 2.45) is 0 Å². The highest BCUT2D eigenvalue weighted by Gasteiger charge is 2.25. The third kappa shape index (κ3) is 35.3. The number of ether oxygens (including phenoxy) is 3. The highest BCUT2D eigenvalue weighted by atomic mass is 16.6. The van der Waals surface area contributed by atoms with Crippen LogP contribution in [0.25, 0.3) is 0 Å². The second-order valence-electron chi connectivity index (χ2n) is 16.0. The number of quaternary nitrogens is 1. The molecule has 0 heterocycles. The fourth-order valence-electron chi connectivity index (χ4n) is 6.41. The molecule has 8 nitrogen and oxygen atoms in total. The second kappa shape index (κ2) is 36.8. The van der Waals surface area contributed by atoms with Crippen molar-refractivity contribution in [2.45, 2.75) is 206 Å². The first kappa shape index (κ1) is 50.8. The van der Waals surface area contributed by atoms with Gasteiger partial charge in [0.05, 0.1) is 40.3 Å². The van der Waals surface area contributed by atoms with Crippen molar-refractivity contribution in [2.75, 3.05) is 41.0 Å². The molecule has 0 N–H and O–H groups in total. The van der Waals surface area contributed by atoms with Gasteiger partial charge in [-0.15, -0.1) is 0 Å². The Morgan fingerprint density at radius 1 is 0.566 bits per heavy atom. The average molecular weight is 750 g/mol. The zero-order valence-corrected chi connectivity index (χ0v) is 35.2. The Bertz CT molecular complexity index is 926. The van der Waals surface area contributed by atoms with Gasteiger partial charge >= 0.3 is 11.9 Å². The molecule has 2 atom stereocenters. The third-order valence-electron chi connectivity index (χ3n) is 9.87. The van der Waals surface area contributed by atoms with Crippen LogP contribution < -0.4 is 5.11 Å². The Labute approximate surface area is 326 Å². The van der Waals surface area contributed by atoms with Crippen molar-refractivity contribution in [1.29, 1.82) is 0 Å². The first-order valence-electron chi connectivity index (χ1n) is 21.9.